The molecule has 1 amide bonds. The molecule has 17 heavy (non-hydrogen) atoms. The Morgan fingerprint density at radius 3 is 3.12 bits per heavy atom. The number of rotatable bonds is 4. The Kier molecular flexibility index (Phi) is 3.98. The second-order valence-electron chi connectivity index (χ2n) is 4.16. The maximum atomic E-state index is 11.5. The van der Waals surface area contributed by atoms with E-state index in [4.69, 9.17) is 9.15 Å². The van der Waals surface area contributed by atoms with Crippen molar-refractivity contribution >= 4 is 12.0 Å². The summed E-state index contributed by atoms with van der Waals surface area (Å²) >= 11 is 0. The average Bonchev–Trinajstić information content (AvgIpc) is 2.95. The van der Waals surface area contributed by atoms with E-state index in [-0.39, 0.29) is 12.0 Å². The van der Waals surface area contributed by atoms with Crippen LogP contribution in [0.25, 0.3) is 6.08 Å². The molecule has 0 spiro atoms. The Labute approximate surface area is 101 Å². The predicted octanol–water partition coefficient (Wildman–Crippen LogP) is 1.90. The van der Waals surface area contributed by atoms with Crippen LogP contribution >= 0.6 is 0 Å². The lowest BCUT2D eigenvalue weighted by Crippen LogP contribution is -2.30. The number of hydrogen-bond donors (Lipinski definition) is 1. The highest BCUT2D eigenvalue weighted by atomic mass is 16.5. The summed E-state index contributed by atoms with van der Waals surface area (Å²) in [5.41, 5.74) is 0. The molecule has 0 aromatic carbocycles. The second-order valence-corrected chi connectivity index (χ2v) is 4.16. The van der Waals surface area contributed by atoms with Gasteiger partial charge >= 0.3 is 0 Å². The minimum absolute atomic E-state index is 0.116. The monoisotopic (exact) mass is 235 g/mol. The molecule has 1 fully saturated rings. The molecule has 0 aliphatic carbocycles. The van der Waals surface area contributed by atoms with E-state index in [1.165, 1.54) is 6.08 Å². The van der Waals surface area contributed by atoms with Crippen molar-refractivity contribution in [1.82, 2.24) is 5.32 Å². The molecule has 0 saturated carbocycles. The van der Waals surface area contributed by atoms with Gasteiger partial charge in [0.15, 0.2) is 0 Å². The molecule has 1 aliphatic rings. The molecule has 1 N–H and O–H groups in total. The lowest BCUT2D eigenvalue weighted by Gasteiger charge is -2.08. The maximum Gasteiger partial charge on any atom is 0.244 e. The number of nitrogens with one attached hydrogen (secondary N) is 1. The molecule has 2 heterocycles. The van der Waals surface area contributed by atoms with Gasteiger partial charge in [-0.2, -0.15) is 0 Å². The molecule has 1 aliphatic heterocycles. The fraction of sp³-hybridized carbons (Fsp3) is 0.462. The van der Waals surface area contributed by atoms with E-state index in [1.807, 2.05) is 19.1 Å². The first-order chi connectivity index (χ1) is 8.24. The van der Waals surface area contributed by atoms with Gasteiger partial charge in [-0.15, -0.1) is 0 Å². The highest BCUT2D eigenvalue weighted by Crippen LogP contribution is 2.10. The van der Waals surface area contributed by atoms with Gasteiger partial charge in [0.1, 0.15) is 11.5 Å². The minimum Gasteiger partial charge on any atom is -0.462 e. The maximum absolute atomic E-state index is 11.5. The SMILES string of the molecule is Cc1ccc(/C=C\C(=O)NC[C@@H]2CCCO2)o1. The lowest BCUT2D eigenvalue weighted by atomic mass is 10.2. The molecule has 1 atom stereocenters. The van der Waals surface area contributed by atoms with Gasteiger partial charge in [-0.25, -0.2) is 0 Å². The zero-order valence-corrected chi connectivity index (χ0v) is 9.94. The van der Waals surface area contributed by atoms with Crippen LogP contribution < -0.4 is 5.32 Å². The summed E-state index contributed by atoms with van der Waals surface area (Å²) < 4.78 is 10.7. The summed E-state index contributed by atoms with van der Waals surface area (Å²) in [6.07, 6.45) is 5.44. The minimum atomic E-state index is -0.116. The Bertz CT molecular complexity index is 403. The number of furan rings is 1. The van der Waals surface area contributed by atoms with Crippen LogP contribution in [0.4, 0.5) is 0 Å². The summed E-state index contributed by atoms with van der Waals surface area (Å²) in [5, 5.41) is 2.81. The van der Waals surface area contributed by atoms with Crippen LogP contribution in [0.5, 0.6) is 0 Å². The summed E-state index contributed by atoms with van der Waals surface area (Å²) in [6, 6.07) is 3.70. The van der Waals surface area contributed by atoms with Crippen LogP contribution in [0, 0.1) is 6.92 Å². The third-order valence-corrected chi connectivity index (χ3v) is 2.69. The molecule has 4 nitrogen and oxygen atoms in total. The number of ether oxygens (including phenoxy) is 1. The molecule has 92 valence electrons. The molecule has 0 bridgehead atoms. The van der Waals surface area contributed by atoms with E-state index >= 15 is 0 Å². The average molecular weight is 235 g/mol. The van der Waals surface area contributed by atoms with Crippen molar-refractivity contribution in [3.63, 3.8) is 0 Å². The Hall–Kier alpha value is -1.55. The van der Waals surface area contributed by atoms with Gasteiger partial charge in [-0.05, 0) is 38.0 Å². The fourth-order valence-electron chi connectivity index (χ4n) is 1.78. The molecule has 0 unspecified atom stereocenters. The number of aryl methyl sites for hydroxylation is 1. The van der Waals surface area contributed by atoms with Crippen molar-refractivity contribution in [1.29, 1.82) is 0 Å². The molecule has 0 radical (unpaired) electrons. The van der Waals surface area contributed by atoms with Crippen LogP contribution in [0.2, 0.25) is 0 Å². The van der Waals surface area contributed by atoms with Crippen molar-refractivity contribution < 1.29 is 13.9 Å². The first-order valence-corrected chi connectivity index (χ1v) is 5.88. The Morgan fingerprint density at radius 1 is 1.59 bits per heavy atom. The fourth-order valence-corrected chi connectivity index (χ4v) is 1.78. The number of amides is 1. The second kappa shape index (κ2) is 5.68. The van der Waals surface area contributed by atoms with Crippen LogP contribution in [-0.4, -0.2) is 25.2 Å². The Balaban J connectivity index is 1.74. The predicted molar refractivity (Wildman–Crippen MR) is 64.5 cm³/mol. The van der Waals surface area contributed by atoms with E-state index in [1.54, 1.807) is 6.08 Å². The van der Waals surface area contributed by atoms with Crippen molar-refractivity contribution in [2.75, 3.05) is 13.2 Å². The number of hydrogen-bond acceptors (Lipinski definition) is 3. The first-order valence-electron chi connectivity index (χ1n) is 5.88. The van der Waals surface area contributed by atoms with Crippen molar-refractivity contribution in [2.45, 2.75) is 25.9 Å². The van der Waals surface area contributed by atoms with Gasteiger partial charge in [0.05, 0.1) is 6.10 Å². The molecular weight excluding hydrogens is 218 g/mol. The van der Waals surface area contributed by atoms with Crippen LogP contribution in [0.1, 0.15) is 24.4 Å². The van der Waals surface area contributed by atoms with E-state index in [9.17, 15) is 4.79 Å². The van der Waals surface area contributed by atoms with Crippen molar-refractivity contribution in [3.8, 4) is 0 Å². The Morgan fingerprint density at radius 2 is 2.47 bits per heavy atom. The smallest absolute Gasteiger partial charge is 0.244 e. The molecule has 1 saturated heterocycles. The van der Waals surface area contributed by atoms with Gasteiger partial charge in [-0.3, -0.25) is 4.79 Å². The van der Waals surface area contributed by atoms with Gasteiger partial charge in [0, 0.05) is 19.2 Å². The summed E-state index contributed by atoms with van der Waals surface area (Å²) in [7, 11) is 0. The van der Waals surface area contributed by atoms with Crippen molar-refractivity contribution in [3.05, 3.63) is 29.7 Å². The lowest BCUT2D eigenvalue weighted by molar-refractivity contribution is -0.116. The summed E-state index contributed by atoms with van der Waals surface area (Å²) in [4.78, 5) is 11.5. The van der Waals surface area contributed by atoms with E-state index in [2.05, 4.69) is 5.32 Å². The zero-order valence-electron chi connectivity index (χ0n) is 9.94. The summed E-state index contributed by atoms with van der Waals surface area (Å²) in [6.45, 7) is 3.26. The number of carbonyl (C=O) groups is 1. The van der Waals surface area contributed by atoms with E-state index < -0.39 is 0 Å². The largest absolute Gasteiger partial charge is 0.462 e. The molecule has 4 heteroatoms. The summed E-state index contributed by atoms with van der Waals surface area (Å²) in [5.74, 6) is 1.41. The quantitative estimate of drug-likeness (QED) is 0.811. The zero-order chi connectivity index (χ0) is 12.1. The van der Waals surface area contributed by atoms with Gasteiger partial charge in [0.2, 0.25) is 5.91 Å². The van der Waals surface area contributed by atoms with Gasteiger partial charge in [0.25, 0.3) is 0 Å². The molecular formula is C13H17NO3. The molecule has 2 rings (SSSR count). The normalized spacial score (nSPS) is 19.9. The molecule has 1 aromatic rings. The standard InChI is InChI=1S/C13H17NO3/c1-10-4-5-11(17-10)6-7-13(15)14-9-12-3-2-8-16-12/h4-7,12H,2-3,8-9H2,1H3,(H,14,15)/b7-6-/t12-/m0/s1. The van der Waals surface area contributed by atoms with E-state index in [0.29, 0.717) is 12.3 Å². The van der Waals surface area contributed by atoms with E-state index in [0.717, 1.165) is 25.2 Å². The third-order valence-electron chi connectivity index (χ3n) is 2.69. The van der Waals surface area contributed by atoms with Gasteiger partial charge in [-0.1, -0.05) is 0 Å². The van der Waals surface area contributed by atoms with Crippen LogP contribution in [0.15, 0.2) is 22.6 Å². The topological polar surface area (TPSA) is 51.5 Å². The highest BCUT2D eigenvalue weighted by molar-refractivity contribution is 5.91. The van der Waals surface area contributed by atoms with Crippen LogP contribution in [-0.2, 0) is 9.53 Å². The first kappa shape index (κ1) is 11.9. The third kappa shape index (κ3) is 3.75. The molecule has 1 aromatic heterocycles. The van der Waals surface area contributed by atoms with Crippen molar-refractivity contribution in [2.24, 2.45) is 0 Å². The van der Waals surface area contributed by atoms with Crippen LogP contribution in [0.3, 0.4) is 0 Å². The van der Waals surface area contributed by atoms with Gasteiger partial charge < -0.3 is 14.5 Å². The number of carbonyl (C=O) groups excluding carboxylic acids is 1. The highest BCUT2D eigenvalue weighted by Gasteiger charge is 2.15.